The lowest BCUT2D eigenvalue weighted by atomic mass is 10.2. The van der Waals surface area contributed by atoms with Crippen LogP contribution < -0.4 is 0 Å². The molecular formula is C18H15N3O6S. The number of nitrogens with zero attached hydrogens (tertiary/aromatic N) is 3. The molecule has 0 fully saturated rings. The lowest BCUT2D eigenvalue weighted by Gasteiger charge is -2.08. The number of ether oxygens (including phenoxy) is 1. The van der Waals surface area contributed by atoms with Crippen molar-refractivity contribution in [2.45, 2.75) is 25.9 Å². The number of benzene rings is 1. The van der Waals surface area contributed by atoms with E-state index >= 15 is 0 Å². The summed E-state index contributed by atoms with van der Waals surface area (Å²) in [6, 6.07) is 9.11. The van der Waals surface area contributed by atoms with E-state index in [1.54, 1.807) is 24.4 Å². The van der Waals surface area contributed by atoms with Crippen LogP contribution in [0.25, 0.3) is 11.5 Å². The summed E-state index contributed by atoms with van der Waals surface area (Å²) in [7, 11) is 0. The summed E-state index contributed by atoms with van der Waals surface area (Å²) >= 11 is 1.32. The third-order valence-electron chi connectivity index (χ3n) is 3.77. The van der Waals surface area contributed by atoms with Crippen LogP contribution in [0.4, 0.5) is 5.69 Å². The first-order valence-electron chi connectivity index (χ1n) is 8.28. The van der Waals surface area contributed by atoms with E-state index in [1.165, 1.54) is 35.6 Å². The predicted octanol–water partition coefficient (Wildman–Crippen LogP) is 3.97. The lowest BCUT2D eigenvalue weighted by molar-refractivity contribution is -0.384. The number of hydrogen-bond acceptors (Lipinski definition) is 9. The summed E-state index contributed by atoms with van der Waals surface area (Å²) in [6.07, 6.45) is -0.780. The van der Waals surface area contributed by atoms with Crippen LogP contribution in [-0.2, 0) is 9.53 Å². The van der Waals surface area contributed by atoms with Crippen LogP contribution in [0.3, 0.4) is 0 Å². The number of esters is 1. The van der Waals surface area contributed by atoms with Gasteiger partial charge in [-0.1, -0.05) is 6.07 Å². The molecule has 0 amide bonds. The number of ketones is 1. The van der Waals surface area contributed by atoms with Gasteiger partial charge in [-0.25, -0.2) is 0 Å². The first kappa shape index (κ1) is 19.4. The average Bonchev–Trinajstić information content (AvgIpc) is 3.38. The number of nitro benzene ring substituents is 1. The Bertz CT molecular complexity index is 981. The van der Waals surface area contributed by atoms with Gasteiger partial charge in [0.1, 0.15) is 0 Å². The molecule has 0 aliphatic carbocycles. The summed E-state index contributed by atoms with van der Waals surface area (Å²) in [5, 5.41) is 20.2. The molecule has 144 valence electrons. The van der Waals surface area contributed by atoms with Gasteiger partial charge in [-0.2, -0.15) is 0 Å². The zero-order valence-corrected chi connectivity index (χ0v) is 15.5. The van der Waals surface area contributed by atoms with Crippen molar-refractivity contribution < 1.29 is 23.7 Å². The predicted molar refractivity (Wildman–Crippen MR) is 98.8 cm³/mol. The van der Waals surface area contributed by atoms with Gasteiger partial charge in [0.05, 0.1) is 16.2 Å². The van der Waals surface area contributed by atoms with Crippen LogP contribution in [0, 0.1) is 10.1 Å². The first-order chi connectivity index (χ1) is 13.4. The number of carbonyl (C=O) groups is 2. The fourth-order valence-corrected chi connectivity index (χ4v) is 3.02. The maximum Gasteiger partial charge on any atom is 0.307 e. The number of carbonyl (C=O) groups excluding carboxylic acids is 2. The highest BCUT2D eigenvalue weighted by Crippen LogP contribution is 2.24. The smallest absolute Gasteiger partial charge is 0.307 e. The van der Waals surface area contributed by atoms with Crippen molar-refractivity contribution in [2.24, 2.45) is 0 Å². The van der Waals surface area contributed by atoms with Crippen LogP contribution in [0.5, 0.6) is 0 Å². The molecule has 1 unspecified atom stereocenters. The van der Waals surface area contributed by atoms with Crippen LogP contribution in [-0.4, -0.2) is 26.9 Å². The second-order valence-electron chi connectivity index (χ2n) is 5.78. The Kier molecular flexibility index (Phi) is 5.90. The van der Waals surface area contributed by atoms with Crippen molar-refractivity contribution in [3.63, 3.8) is 0 Å². The Labute approximate surface area is 163 Å². The normalized spacial score (nSPS) is 11.8. The Morgan fingerprint density at radius 2 is 1.96 bits per heavy atom. The third-order valence-corrected chi connectivity index (χ3v) is 4.68. The summed E-state index contributed by atoms with van der Waals surface area (Å²) in [5.74, 6) is -0.419. The van der Waals surface area contributed by atoms with E-state index in [-0.39, 0.29) is 36.1 Å². The number of Topliss-reactive ketones (excluding diaryl/α,β-unsaturated/α-hetero) is 1. The Morgan fingerprint density at radius 1 is 1.21 bits per heavy atom. The van der Waals surface area contributed by atoms with E-state index in [0.717, 1.165) is 0 Å². The maximum absolute atomic E-state index is 12.0. The first-order valence-corrected chi connectivity index (χ1v) is 9.16. The zero-order valence-electron chi connectivity index (χ0n) is 14.7. The molecule has 3 aromatic rings. The van der Waals surface area contributed by atoms with Crippen LogP contribution >= 0.6 is 11.3 Å². The molecule has 0 aliphatic heterocycles. The maximum atomic E-state index is 12.0. The molecule has 0 saturated heterocycles. The molecule has 2 heterocycles. The molecule has 1 atom stereocenters. The molecule has 0 aliphatic rings. The molecule has 2 aromatic heterocycles. The molecular weight excluding hydrogens is 386 g/mol. The highest BCUT2D eigenvalue weighted by atomic mass is 32.1. The molecule has 0 saturated carbocycles. The van der Waals surface area contributed by atoms with E-state index in [9.17, 15) is 19.7 Å². The number of rotatable bonds is 8. The van der Waals surface area contributed by atoms with E-state index < -0.39 is 17.0 Å². The molecule has 0 N–H and O–H groups in total. The summed E-state index contributed by atoms with van der Waals surface area (Å²) < 4.78 is 10.7. The molecule has 0 bridgehead atoms. The molecule has 9 nitrogen and oxygen atoms in total. The highest BCUT2D eigenvalue weighted by molar-refractivity contribution is 7.12. The second-order valence-corrected chi connectivity index (χ2v) is 6.73. The van der Waals surface area contributed by atoms with Gasteiger partial charge in [0, 0.05) is 24.1 Å². The van der Waals surface area contributed by atoms with Crippen molar-refractivity contribution in [3.8, 4) is 11.5 Å². The molecule has 28 heavy (non-hydrogen) atoms. The number of non-ortho nitro benzene ring substituents is 1. The van der Waals surface area contributed by atoms with Gasteiger partial charge in [-0.05, 0) is 30.5 Å². The standard InChI is InChI=1S/C18H15N3O6S/c1-11(26-16(23)9-8-14(22)15-3-2-10-28-15)17-19-20-18(27-17)12-4-6-13(7-5-12)21(24)25/h2-7,10-11H,8-9H2,1H3. The van der Waals surface area contributed by atoms with Crippen molar-refractivity contribution in [1.82, 2.24) is 10.2 Å². The van der Waals surface area contributed by atoms with Crippen LogP contribution in [0.2, 0.25) is 0 Å². The molecule has 0 spiro atoms. The van der Waals surface area contributed by atoms with Crippen LogP contribution in [0.15, 0.2) is 46.2 Å². The minimum absolute atomic E-state index is 0.0512. The van der Waals surface area contributed by atoms with E-state index in [1.807, 2.05) is 0 Å². The topological polar surface area (TPSA) is 125 Å². The number of nitro groups is 1. The summed E-state index contributed by atoms with van der Waals surface area (Å²) in [4.78, 5) is 34.7. The van der Waals surface area contributed by atoms with Gasteiger partial charge in [0.25, 0.3) is 11.6 Å². The monoisotopic (exact) mass is 401 g/mol. The summed E-state index contributed by atoms with van der Waals surface area (Å²) in [5.41, 5.74) is 0.451. The Morgan fingerprint density at radius 3 is 2.61 bits per heavy atom. The van der Waals surface area contributed by atoms with Crippen LogP contribution in [0.1, 0.15) is 41.4 Å². The molecule has 3 rings (SSSR count). The fourth-order valence-electron chi connectivity index (χ4n) is 2.32. The quantitative estimate of drug-likeness (QED) is 0.240. The highest BCUT2D eigenvalue weighted by Gasteiger charge is 2.20. The van der Waals surface area contributed by atoms with Crippen molar-refractivity contribution in [3.05, 3.63) is 62.7 Å². The van der Waals surface area contributed by atoms with E-state index in [4.69, 9.17) is 9.15 Å². The van der Waals surface area contributed by atoms with Gasteiger partial charge >= 0.3 is 5.97 Å². The Hall–Kier alpha value is -3.40. The third kappa shape index (κ3) is 4.65. The average molecular weight is 401 g/mol. The molecule has 1 aromatic carbocycles. The lowest BCUT2D eigenvalue weighted by Crippen LogP contribution is -2.11. The van der Waals surface area contributed by atoms with Gasteiger partial charge < -0.3 is 9.15 Å². The van der Waals surface area contributed by atoms with E-state index in [0.29, 0.717) is 10.4 Å². The molecule has 10 heteroatoms. The Balaban J connectivity index is 1.56. The van der Waals surface area contributed by atoms with Gasteiger partial charge in [-0.15, -0.1) is 21.5 Å². The van der Waals surface area contributed by atoms with Crippen molar-refractivity contribution >= 4 is 28.8 Å². The number of aromatic nitrogens is 2. The van der Waals surface area contributed by atoms with Gasteiger partial charge in [0.15, 0.2) is 11.9 Å². The zero-order chi connectivity index (χ0) is 20.1. The largest absolute Gasteiger partial charge is 0.453 e. The minimum Gasteiger partial charge on any atom is -0.453 e. The number of thiophene rings is 1. The van der Waals surface area contributed by atoms with E-state index in [2.05, 4.69) is 10.2 Å². The summed E-state index contributed by atoms with van der Waals surface area (Å²) in [6.45, 7) is 1.58. The van der Waals surface area contributed by atoms with Gasteiger partial charge in [-0.3, -0.25) is 19.7 Å². The SMILES string of the molecule is CC(OC(=O)CCC(=O)c1cccs1)c1nnc(-c2ccc([N+](=O)[O-])cc2)o1. The number of hydrogen-bond donors (Lipinski definition) is 0. The van der Waals surface area contributed by atoms with Gasteiger partial charge in [0.2, 0.25) is 5.89 Å². The minimum atomic E-state index is -0.788. The van der Waals surface area contributed by atoms with Crippen molar-refractivity contribution in [2.75, 3.05) is 0 Å². The fraction of sp³-hybridized carbons (Fsp3) is 0.222. The molecule has 0 radical (unpaired) electrons. The second kappa shape index (κ2) is 8.53. The van der Waals surface area contributed by atoms with Crippen molar-refractivity contribution in [1.29, 1.82) is 0 Å².